The third-order valence-corrected chi connectivity index (χ3v) is 7.96. The summed E-state index contributed by atoms with van der Waals surface area (Å²) in [6.07, 6.45) is 5.26. The van der Waals surface area contributed by atoms with Crippen LogP contribution in [-0.2, 0) is 21.2 Å². The van der Waals surface area contributed by atoms with E-state index in [2.05, 4.69) is 24.3 Å². The third-order valence-electron chi connectivity index (χ3n) is 6.05. The summed E-state index contributed by atoms with van der Waals surface area (Å²) in [7, 11) is -3.49. The second kappa shape index (κ2) is 8.67. The number of anilines is 1. The lowest BCUT2D eigenvalue weighted by Gasteiger charge is -2.31. The van der Waals surface area contributed by atoms with Gasteiger partial charge in [-0.15, -0.1) is 0 Å². The van der Waals surface area contributed by atoms with Gasteiger partial charge in [-0.05, 0) is 67.9 Å². The van der Waals surface area contributed by atoms with E-state index in [4.69, 9.17) is 0 Å². The number of sulfonamides is 1. The standard InChI is InChI=1S/C23H28N2O3S/c26-23-8-4-5-15-25(23)21-9-11-22(12-10-21)29(27,28)24-16-13-20(14-17-24)18-19-6-2-1-3-7-19/h1-3,6-7,9-12,20H,4-5,8,13-18H2. The summed E-state index contributed by atoms with van der Waals surface area (Å²) < 4.78 is 27.7. The van der Waals surface area contributed by atoms with Crippen LogP contribution in [0.5, 0.6) is 0 Å². The van der Waals surface area contributed by atoms with Gasteiger partial charge in [-0.1, -0.05) is 30.3 Å². The van der Waals surface area contributed by atoms with Crippen LogP contribution in [0.15, 0.2) is 59.5 Å². The number of nitrogens with zero attached hydrogens (tertiary/aromatic N) is 2. The summed E-state index contributed by atoms with van der Waals surface area (Å²) in [6.45, 7) is 1.83. The second-order valence-electron chi connectivity index (χ2n) is 8.03. The zero-order chi connectivity index (χ0) is 20.3. The maximum absolute atomic E-state index is 13.0. The molecule has 2 aromatic carbocycles. The molecule has 0 aliphatic carbocycles. The van der Waals surface area contributed by atoms with Gasteiger partial charge in [0.05, 0.1) is 4.90 Å². The Kier molecular flexibility index (Phi) is 6.01. The molecule has 0 radical (unpaired) electrons. The molecule has 0 N–H and O–H groups in total. The first kappa shape index (κ1) is 20.1. The van der Waals surface area contributed by atoms with Crippen molar-refractivity contribution in [3.8, 4) is 0 Å². The Morgan fingerprint density at radius 3 is 2.21 bits per heavy atom. The van der Waals surface area contributed by atoms with Crippen LogP contribution >= 0.6 is 0 Å². The van der Waals surface area contributed by atoms with Crippen LogP contribution in [0.1, 0.15) is 37.7 Å². The van der Waals surface area contributed by atoms with Gasteiger partial charge in [-0.2, -0.15) is 4.31 Å². The fraction of sp³-hybridized carbons (Fsp3) is 0.435. The number of benzene rings is 2. The first-order chi connectivity index (χ1) is 14.0. The lowest BCUT2D eigenvalue weighted by atomic mass is 9.91. The summed E-state index contributed by atoms with van der Waals surface area (Å²) in [6, 6.07) is 17.2. The zero-order valence-electron chi connectivity index (χ0n) is 16.7. The van der Waals surface area contributed by atoms with Crippen LogP contribution in [0.2, 0.25) is 0 Å². The molecule has 6 heteroatoms. The summed E-state index contributed by atoms with van der Waals surface area (Å²) in [5.41, 5.74) is 2.10. The van der Waals surface area contributed by atoms with Gasteiger partial charge in [0.1, 0.15) is 0 Å². The molecule has 2 saturated heterocycles. The van der Waals surface area contributed by atoms with Gasteiger partial charge in [-0.3, -0.25) is 4.79 Å². The first-order valence-electron chi connectivity index (χ1n) is 10.5. The second-order valence-corrected chi connectivity index (χ2v) is 9.97. The van der Waals surface area contributed by atoms with Gasteiger partial charge in [0.25, 0.3) is 0 Å². The van der Waals surface area contributed by atoms with E-state index in [1.807, 2.05) is 6.07 Å². The van der Waals surface area contributed by atoms with E-state index in [1.54, 1.807) is 33.5 Å². The Balaban J connectivity index is 1.39. The molecule has 0 atom stereocenters. The van der Waals surface area contributed by atoms with E-state index in [0.717, 1.165) is 37.8 Å². The van der Waals surface area contributed by atoms with Crippen molar-refractivity contribution >= 4 is 21.6 Å². The predicted molar refractivity (Wildman–Crippen MR) is 114 cm³/mol. The van der Waals surface area contributed by atoms with Gasteiger partial charge in [0, 0.05) is 31.7 Å². The molecule has 2 aliphatic rings. The molecule has 0 saturated carbocycles. The molecule has 0 unspecified atom stereocenters. The normalized spacial score (nSPS) is 19.4. The molecule has 2 fully saturated rings. The zero-order valence-corrected chi connectivity index (χ0v) is 17.5. The fourth-order valence-corrected chi connectivity index (χ4v) is 5.80. The molecular weight excluding hydrogens is 384 g/mol. The van der Waals surface area contributed by atoms with E-state index in [0.29, 0.717) is 36.9 Å². The molecule has 2 aliphatic heterocycles. The molecule has 0 bridgehead atoms. The van der Waals surface area contributed by atoms with Crippen LogP contribution in [-0.4, -0.2) is 38.3 Å². The summed E-state index contributed by atoms with van der Waals surface area (Å²) in [4.78, 5) is 14.2. The molecule has 1 amide bonds. The highest BCUT2D eigenvalue weighted by atomic mass is 32.2. The number of hydrogen-bond donors (Lipinski definition) is 0. The van der Waals surface area contributed by atoms with Gasteiger partial charge < -0.3 is 4.90 Å². The van der Waals surface area contributed by atoms with Crippen molar-refractivity contribution < 1.29 is 13.2 Å². The lowest BCUT2D eigenvalue weighted by molar-refractivity contribution is -0.119. The van der Waals surface area contributed by atoms with Gasteiger partial charge in [0.15, 0.2) is 0 Å². The Bertz CT molecular complexity index is 934. The van der Waals surface area contributed by atoms with E-state index < -0.39 is 10.0 Å². The van der Waals surface area contributed by atoms with Crippen molar-refractivity contribution in [3.05, 3.63) is 60.2 Å². The third kappa shape index (κ3) is 4.54. The quantitative estimate of drug-likeness (QED) is 0.750. The number of carbonyl (C=O) groups excluding carboxylic acids is 1. The Morgan fingerprint density at radius 1 is 0.862 bits per heavy atom. The van der Waals surface area contributed by atoms with Crippen molar-refractivity contribution in [2.45, 2.75) is 43.4 Å². The van der Waals surface area contributed by atoms with Crippen LogP contribution in [0, 0.1) is 5.92 Å². The maximum Gasteiger partial charge on any atom is 0.243 e. The average Bonchev–Trinajstić information content (AvgIpc) is 2.75. The average molecular weight is 413 g/mol. The number of amides is 1. The molecule has 154 valence electrons. The van der Waals surface area contributed by atoms with Crippen molar-refractivity contribution in [3.63, 3.8) is 0 Å². The van der Waals surface area contributed by atoms with Crippen molar-refractivity contribution in [2.24, 2.45) is 5.92 Å². The molecule has 2 aromatic rings. The Hall–Kier alpha value is -2.18. The predicted octanol–water partition coefficient (Wildman–Crippen LogP) is 3.85. The highest BCUT2D eigenvalue weighted by molar-refractivity contribution is 7.89. The largest absolute Gasteiger partial charge is 0.312 e. The van der Waals surface area contributed by atoms with E-state index in [9.17, 15) is 13.2 Å². The minimum atomic E-state index is -3.49. The van der Waals surface area contributed by atoms with E-state index in [-0.39, 0.29) is 5.91 Å². The molecule has 29 heavy (non-hydrogen) atoms. The lowest BCUT2D eigenvalue weighted by Crippen LogP contribution is -2.39. The molecule has 5 nitrogen and oxygen atoms in total. The molecule has 2 heterocycles. The summed E-state index contributed by atoms with van der Waals surface area (Å²) in [5, 5.41) is 0. The van der Waals surface area contributed by atoms with Gasteiger partial charge in [0.2, 0.25) is 15.9 Å². The maximum atomic E-state index is 13.0. The smallest absolute Gasteiger partial charge is 0.243 e. The highest BCUT2D eigenvalue weighted by Crippen LogP contribution is 2.28. The summed E-state index contributed by atoms with van der Waals surface area (Å²) in [5.74, 6) is 0.642. The fourth-order valence-electron chi connectivity index (χ4n) is 4.33. The van der Waals surface area contributed by atoms with E-state index >= 15 is 0 Å². The number of rotatable bonds is 5. The Morgan fingerprint density at radius 2 is 1.55 bits per heavy atom. The van der Waals surface area contributed by atoms with Crippen LogP contribution in [0.4, 0.5) is 5.69 Å². The SMILES string of the molecule is O=C1CCCCN1c1ccc(S(=O)(=O)N2CCC(Cc3ccccc3)CC2)cc1. The van der Waals surface area contributed by atoms with Crippen LogP contribution in [0.25, 0.3) is 0 Å². The molecule has 0 aromatic heterocycles. The van der Waals surface area contributed by atoms with Gasteiger partial charge >= 0.3 is 0 Å². The summed E-state index contributed by atoms with van der Waals surface area (Å²) >= 11 is 0. The monoisotopic (exact) mass is 412 g/mol. The minimum absolute atomic E-state index is 0.118. The number of hydrogen-bond acceptors (Lipinski definition) is 3. The highest BCUT2D eigenvalue weighted by Gasteiger charge is 2.29. The van der Waals surface area contributed by atoms with Crippen LogP contribution < -0.4 is 4.90 Å². The number of piperidine rings is 2. The van der Waals surface area contributed by atoms with Crippen molar-refractivity contribution in [2.75, 3.05) is 24.5 Å². The Labute approximate surface area is 173 Å². The minimum Gasteiger partial charge on any atom is -0.312 e. The van der Waals surface area contributed by atoms with Crippen LogP contribution in [0.3, 0.4) is 0 Å². The first-order valence-corrected chi connectivity index (χ1v) is 11.9. The van der Waals surface area contributed by atoms with E-state index in [1.165, 1.54) is 5.56 Å². The van der Waals surface area contributed by atoms with Crippen molar-refractivity contribution in [1.82, 2.24) is 4.31 Å². The topological polar surface area (TPSA) is 57.7 Å². The molecular formula is C23H28N2O3S. The number of carbonyl (C=O) groups is 1. The molecule has 4 rings (SSSR count). The molecule has 0 spiro atoms. The van der Waals surface area contributed by atoms with Crippen molar-refractivity contribution in [1.29, 1.82) is 0 Å². The van der Waals surface area contributed by atoms with Gasteiger partial charge in [-0.25, -0.2) is 8.42 Å².